The van der Waals surface area contributed by atoms with Crippen molar-refractivity contribution in [2.75, 3.05) is 43.1 Å². The fourth-order valence-corrected chi connectivity index (χ4v) is 12.0. The summed E-state index contributed by atoms with van der Waals surface area (Å²) in [5.41, 5.74) is 9.59. The summed E-state index contributed by atoms with van der Waals surface area (Å²) in [6.45, 7) is 10.7. The van der Waals surface area contributed by atoms with Crippen LogP contribution in [0.4, 0.5) is 21.0 Å². The SMILES string of the molecule is COC(=O)N[C@H](C(=O)N1CCC[C@H]1c1nc2ccc([C@H]3CC[C@H](c4ccc5nc([C@@H]6CCCN6C(=O)[C@@H](NC(=O)O)C(C)C)[nH]c5c4)N3c3ccc(N4CCC(c5ccccc5)CC4)cc3)cc2[nH]1)C(C)C. The number of carbonyl (C=O) groups is 4. The number of aromatic amines is 2. The zero-order chi connectivity index (χ0) is 50.2. The lowest BCUT2D eigenvalue weighted by Crippen LogP contribution is -2.51. The molecule has 0 radical (unpaired) electrons. The summed E-state index contributed by atoms with van der Waals surface area (Å²) in [6, 6.07) is 31.0. The normalized spacial score (nSPS) is 21.5. The van der Waals surface area contributed by atoms with E-state index in [4.69, 9.17) is 14.7 Å². The molecule has 6 atom stereocenters. The summed E-state index contributed by atoms with van der Waals surface area (Å²) in [5, 5.41) is 14.7. The average Bonchev–Trinajstić information content (AvgIpc) is 4.26. The molecular weight excluding hydrogens is 909 g/mol. The van der Waals surface area contributed by atoms with Crippen molar-refractivity contribution in [2.24, 2.45) is 11.8 Å². The molecule has 4 aromatic carbocycles. The number of fused-ring (bicyclic) bond motifs is 2. The Kier molecular flexibility index (Phi) is 13.9. The van der Waals surface area contributed by atoms with E-state index in [9.17, 15) is 24.3 Å². The molecule has 0 saturated carbocycles. The Morgan fingerprint density at radius 3 is 1.58 bits per heavy atom. The van der Waals surface area contributed by atoms with Gasteiger partial charge in [-0.25, -0.2) is 19.6 Å². The van der Waals surface area contributed by atoms with Crippen LogP contribution in [0, 0.1) is 11.8 Å². The Bertz CT molecular complexity index is 2910. The van der Waals surface area contributed by atoms with Crippen molar-refractivity contribution in [3.05, 3.63) is 119 Å². The number of amides is 4. The van der Waals surface area contributed by atoms with Crippen molar-refractivity contribution in [1.29, 1.82) is 0 Å². The van der Waals surface area contributed by atoms with Crippen LogP contribution in [0.25, 0.3) is 22.1 Å². The van der Waals surface area contributed by atoms with Gasteiger partial charge in [-0.2, -0.15) is 0 Å². The Hall–Kier alpha value is -7.10. The van der Waals surface area contributed by atoms with Gasteiger partial charge in [0, 0.05) is 37.6 Å². The molecule has 72 heavy (non-hydrogen) atoms. The molecule has 16 nitrogen and oxygen atoms in total. The van der Waals surface area contributed by atoms with Gasteiger partial charge in [0.2, 0.25) is 11.8 Å². The van der Waals surface area contributed by atoms with Crippen LogP contribution in [0.3, 0.4) is 0 Å². The van der Waals surface area contributed by atoms with E-state index in [1.165, 1.54) is 23.9 Å². The first-order chi connectivity index (χ1) is 34.8. The number of hydrogen-bond donors (Lipinski definition) is 5. The van der Waals surface area contributed by atoms with Gasteiger partial charge in [-0.3, -0.25) is 9.59 Å². The lowest BCUT2D eigenvalue weighted by atomic mass is 9.89. The molecule has 0 unspecified atom stereocenters. The van der Waals surface area contributed by atoms with Crippen molar-refractivity contribution in [3.63, 3.8) is 0 Å². The van der Waals surface area contributed by atoms with Gasteiger partial charge in [0.15, 0.2) is 0 Å². The number of nitrogens with one attached hydrogen (secondary N) is 4. The minimum Gasteiger partial charge on any atom is -0.465 e. The maximum Gasteiger partial charge on any atom is 0.407 e. The number of likely N-dealkylation sites (tertiary alicyclic amines) is 2. The summed E-state index contributed by atoms with van der Waals surface area (Å²) in [4.78, 5) is 77.7. The number of ether oxygens (including phenoxy) is 1. The van der Waals surface area contributed by atoms with E-state index in [2.05, 4.69) is 121 Å². The molecule has 10 rings (SSSR count). The second-order valence-electron chi connectivity index (χ2n) is 20.9. The molecule has 4 aliphatic heterocycles. The minimum absolute atomic E-state index is 0.0376. The molecule has 4 amide bonds. The number of piperidine rings is 1. The van der Waals surface area contributed by atoms with Crippen LogP contribution in [0.2, 0.25) is 0 Å². The van der Waals surface area contributed by atoms with E-state index in [0.29, 0.717) is 24.8 Å². The Labute approximate surface area is 420 Å². The van der Waals surface area contributed by atoms with Gasteiger partial charge in [-0.1, -0.05) is 70.2 Å². The minimum atomic E-state index is -1.21. The highest BCUT2D eigenvalue weighted by Gasteiger charge is 2.41. The van der Waals surface area contributed by atoms with Gasteiger partial charge in [0.1, 0.15) is 23.7 Å². The van der Waals surface area contributed by atoms with Gasteiger partial charge in [0.25, 0.3) is 0 Å². The summed E-state index contributed by atoms with van der Waals surface area (Å²) in [7, 11) is 1.30. The topological polar surface area (TPSA) is 192 Å². The summed E-state index contributed by atoms with van der Waals surface area (Å²) < 4.78 is 4.85. The first-order valence-corrected chi connectivity index (χ1v) is 26.0. The summed E-state index contributed by atoms with van der Waals surface area (Å²) in [6.07, 6.45) is 5.36. The first kappa shape index (κ1) is 48.5. The quantitative estimate of drug-likeness (QED) is 0.0744. The van der Waals surface area contributed by atoms with E-state index in [1.807, 2.05) is 32.6 Å². The van der Waals surface area contributed by atoms with E-state index < -0.39 is 24.3 Å². The third-order valence-electron chi connectivity index (χ3n) is 15.8. The molecule has 5 N–H and O–H groups in total. The van der Waals surface area contributed by atoms with Gasteiger partial charge in [-0.05, 0) is 134 Å². The van der Waals surface area contributed by atoms with Gasteiger partial charge in [-0.15, -0.1) is 0 Å². The smallest absolute Gasteiger partial charge is 0.407 e. The number of aromatic nitrogens is 4. The molecule has 4 fully saturated rings. The van der Waals surface area contributed by atoms with Crippen LogP contribution in [0.1, 0.15) is 137 Å². The summed E-state index contributed by atoms with van der Waals surface area (Å²) in [5.74, 6) is 1.33. The monoisotopic (exact) mass is 977 g/mol. The third kappa shape index (κ3) is 9.67. The Morgan fingerprint density at radius 2 is 1.10 bits per heavy atom. The second kappa shape index (κ2) is 20.6. The number of hydrogen-bond acceptors (Lipinski definition) is 9. The Morgan fingerprint density at radius 1 is 0.597 bits per heavy atom. The van der Waals surface area contributed by atoms with Crippen LogP contribution >= 0.6 is 0 Å². The number of benzene rings is 4. The molecule has 6 heterocycles. The number of H-pyrrole nitrogens is 2. The maximum atomic E-state index is 14.0. The second-order valence-corrected chi connectivity index (χ2v) is 20.9. The standard InChI is InChI=1S/C56H68N10O6/c1-33(2)49(61-55(69)70)53(67)64-27-9-13-47(64)51-57-41-21-15-37(31-43(41)59-51)45-23-24-46(66(45)40-19-17-39(18-20-40)63-29-25-36(26-30-63)35-11-7-6-8-12-35)38-16-22-42-44(32-38)60-52(58-42)48-14-10-28-65(48)54(68)50(34(3)4)62-56(71)72-5/h6-8,11-12,15-22,31-34,36,45-50,61H,9-10,13-14,23-30H2,1-5H3,(H,57,59)(H,58,60)(H,62,71)(H,69,70)/t45-,46-,47+,48+,49+,50+/m1/s1. The largest absolute Gasteiger partial charge is 0.465 e. The highest BCUT2D eigenvalue weighted by Crippen LogP contribution is 2.48. The van der Waals surface area contributed by atoms with Crippen LogP contribution < -0.4 is 20.4 Å². The zero-order valence-corrected chi connectivity index (χ0v) is 42.0. The molecular formula is C56H68N10O6. The van der Waals surface area contributed by atoms with Gasteiger partial charge >= 0.3 is 12.2 Å². The molecule has 2 aromatic heterocycles. The van der Waals surface area contributed by atoms with Crippen molar-refractivity contribution in [3.8, 4) is 0 Å². The molecule has 4 aliphatic rings. The zero-order valence-electron chi connectivity index (χ0n) is 42.0. The van der Waals surface area contributed by atoms with E-state index >= 15 is 0 Å². The fraction of sp³-hybridized carbons (Fsp3) is 0.464. The van der Waals surface area contributed by atoms with Crippen LogP contribution in [0.5, 0.6) is 0 Å². The number of carboxylic acid groups (broad SMARTS) is 1. The number of imidazole rings is 2. The van der Waals surface area contributed by atoms with Gasteiger partial charge < -0.3 is 50.0 Å². The van der Waals surface area contributed by atoms with Crippen LogP contribution in [-0.2, 0) is 14.3 Å². The molecule has 6 aromatic rings. The number of nitrogens with zero attached hydrogens (tertiary/aromatic N) is 6. The van der Waals surface area contributed by atoms with E-state index in [0.717, 1.165) is 104 Å². The van der Waals surface area contributed by atoms with Crippen LogP contribution in [-0.4, -0.2) is 104 Å². The maximum absolute atomic E-state index is 14.0. The number of alkyl carbamates (subject to hydrolysis) is 1. The lowest BCUT2D eigenvalue weighted by Gasteiger charge is -2.35. The first-order valence-electron chi connectivity index (χ1n) is 26.0. The average molecular weight is 977 g/mol. The van der Waals surface area contributed by atoms with Crippen molar-refractivity contribution in [1.82, 2.24) is 40.4 Å². The predicted octanol–water partition coefficient (Wildman–Crippen LogP) is 9.91. The molecule has 16 heteroatoms. The molecule has 378 valence electrons. The van der Waals surface area contributed by atoms with Crippen molar-refractivity contribution in [2.45, 2.75) is 121 Å². The summed E-state index contributed by atoms with van der Waals surface area (Å²) >= 11 is 0. The van der Waals surface area contributed by atoms with Gasteiger partial charge in [0.05, 0.1) is 53.3 Å². The lowest BCUT2D eigenvalue weighted by molar-refractivity contribution is -0.136. The highest BCUT2D eigenvalue weighted by molar-refractivity contribution is 5.87. The fourth-order valence-electron chi connectivity index (χ4n) is 12.0. The molecule has 0 spiro atoms. The predicted molar refractivity (Wildman–Crippen MR) is 278 cm³/mol. The molecule has 0 bridgehead atoms. The van der Waals surface area contributed by atoms with Crippen molar-refractivity contribution < 1.29 is 29.0 Å². The number of methoxy groups -OCH3 is 1. The van der Waals surface area contributed by atoms with E-state index in [1.54, 1.807) is 4.90 Å². The molecule has 0 aliphatic carbocycles. The number of anilines is 2. The Balaban J connectivity index is 0.940. The number of rotatable bonds is 13. The third-order valence-corrected chi connectivity index (χ3v) is 15.8. The van der Waals surface area contributed by atoms with Crippen LogP contribution in [0.15, 0.2) is 91.0 Å². The van der Waals surface area contributed by atoms with E-state index in [-0.39, 0.29) is 47.8 Å². The number of carbonyl (C=O) groups excluding carboxylic acids is 3. The van der Waals surface area contributed by atoms with Crippen molar-refractivity contribution >= 4 is 57.4 Å². The highest BCUT2D eigenvalue weighted by atomic mass is 16.5. The molecule has 4 saturated heterocycles.